The molecule has 0 bridgehead atoms. The third kappa shape index (κ3) is 4.40. The Balaban J connectivity index is 1.66. The fraction of sp³-hybridized carbons (Fsp3) is 0.292. The molecule has 172 valence electrons. The second kappa shape index (κ2) is 9.33. The highest BCUT2D eigenvalue weighted by Gasteiger charge is 2.37. The van der Waals surface area contributed by atoms with Crippen molar-refractivity contribution < 1.29 is 23.8 Å². The van der Waals surface area contributed by atoms with Crippen molar-refractivity contribution >= 4 is 23.3 Å². The maximum absolute atomic E-state index is 12.8. The second-order valence-electron chi connectivity index (χ2n) is 7.74. The van der Waals surface area contributed by atoms with Crippen molar-refractivity contribution in [2.75, 3.05) is 32.0 Å². The van der Waals surface area contributed by atoms with Crippen LogP contribution in [0.1, 0.15) is 23.7 Å². The van der Waals surface area contributed by atoms with E-state index in [1.54, 1.807) is 32.1 Å². The van der Waals surface area contributed by atoms with Gasteiger partial charge in [0, 0.05) is 12.8 Å². The number of anilines is 2. The van der Waals surface area contributed by atoms with Crippen molar-refractivity contribution in [2.24, 2.45) is 0 Å². The number of hydrogen-bond donors (Lipinski definition) is 2. The number of rotatable bonds is 8. The number of aryl methyl sites for hydroxylation is 1. The lowest BCUT2D eigenvalue weighted by Crippen LogP contribution is -2.24. The Morgan fingerprint density at radius 1 is 1.12 bits per heavy atom. The number of hydrogen-bond acceptors (Lipinski definition) is 6. The van der Waals surface area contributed by atoms with Crippen LogP contribution in [0.4, 0.5) is 11.5 Å². The van der Waals surface area contributed by atoms with Crippen LogP contribution in [0.15, 0.2) is 42.5 Å². The van der Waals surface area contributed by atoms with Crippen LogP contribution < -0.4 is 20.1 Å². The van der Waals surface area contributed by atoms with Crippen LogP contribution in [0.3, 0.4) is 0 Å². The van der Waals surface area contributed by atoms with E-state index >= 15 is 0 Å². The number of carbonyl (C=O) groups is 2. The average molecular weight is 450 g/mol. The second-order valence-corrected chi connectivity index (χ2v) is 7.74. The molecule has 0 saturated carbocycles. The lowest BCUT2D eigenvalue weighted by molar-refractivity contribution is -0.123. The summed E-state index contributed by atoms with van der Waals surface area (Å²) in [7, 11) is 4.71. The van der Waals surface area contributed by atoms with Crippen LogP contribution in [0, 0.1) is 6.92 Å². The summed E-state index contributed by atoms with van der Waals surface area (Å²) in [5.41, 5.74) is 3.86. The molecule has 4 rings (SSSR count). The lowest BCUT2D eigenvalue weighted by atomic mass is 10.0. The van der Waals surface area contributed by atoms with Crippen molar-refractivity contribution in [3.8, 4) is 22.6 Å². The molecule has 1 aliphatic heterocycles. The SMILES string of the molecule is COCc1nn2c(c1-c1ccc(OC)c(OC)c1)NC(=O)C2CC(=O)Nc1cccc(C)c1. The number of methoxy groups -OCH3 is 3. The fourth-order valence-electron chi connectivity index (χ4n) is 3.96. The molecule has 0 radical (unpaired) electrons. The molecule has 1 unspecified atom stereocenters. The quantitative estimate of drug-likeness (QED) is 0.544. The Morgan fingerprint density at radius 3 is 2.61 bits per heavy atom. The zero-order valence-corrected chi connectivity index (χ0v) is 19.0. The topological polar surface area (TPSA) is 104 Å². The summed E-state index contributed by atoms with van der Waals surface area (Å²) >= 11 is 0. The first-order chi connectivity index (χ1) is 15.9. The van der Waals surface area contributed by atoms with E-state index in [2.05, 4.69) is 15.7 Å². The van der Waals surface area contributed by atoms with Gasteiger partial charge in [-0.2, -0.15) is 5.10 Å². The zero-order chi connectivity index (χ0) is 23.5. The van der Waals surface area contributed by atoms with Gasteiger partial charge in [-0.15, -0.1) is 0 Å². The molecule has 2 heterocycles. The molecule has 9 nitrogen and oxygen atoms in total. The summed E-state index contributed by atoms with van der Waals surface area (Å²) in [5, 5.41) is 10.4. The normalized spacial score (nSPS) is 14.5. The number of nitrogens with one attached hydrogen (secondary N) is 2. The van der Waals surface area contributed by atoms with Crippen molar-refractivity contribution in [1.82, 2.24) is 9.78 Å². The van der Waals surface area contributed by atoms with Gasteiger partial charge in [-0.05, 0) is 42.3 Å². The molecule has 1 aliphatic rings. The molecule has 1 atom stereocenters. The monoisotopic (exact) mass is 450 g/mol. The number of amides is 2. The first-order valence-electron chi connectivity index (χ1n) is 10.4. The third-order valence-corrected chi connectivity index (χ3v) is 5.46. The van der Waals surface area contributed by atoms with Crippen LogP contribution in [0.25, 0.3) is 11.1 Å². The summed E-state index contributed by atoms with van der Waals surface area (Å²) in [5.74, 6) is 1.10. The Labute approximate surface area is 191 Å². The predicted octanol–water partition coefficient (Wildman–Crippen LogP) is 3.54. The van der Waals surface area contributed by atoms with Gasteiger partial charge in [0.2, 0.25) is 5.91 Å². The highest BCUT2D eigenvalue weighted by atomic mass is 16.5. The van der Waals surface area contributed by atoms with E-state index < -0.39 is 6.04 Å². The first kappa shape index (κ1) is 22.3. The third-order valence-electron chi connectivity index (χ3n) is 5.46. The molecular formula is C24H26N4O5. The predicted molar refractivity (Wildman–Crippen MR) is 124 cm³/mol. The number of nitrogens with zero attached hydrogens (tertiary/aromatic N) is 2. The van der Waals surface area contributed by atoms with Crippen molar-refractivity contribution in [1.29, 1.82) is 0 Å². The maximum atomic E-state index is 12.8. The molecule has 0 saturated heterocycles. The number of carbonyl (C=O) groups excluding carboxylic acids is 2. The average Bonchev–Trinajstić information content (AvgIpc) is 3.28. The molecule has 1 aromatic heterocycles. The minimum absolute atomic E-state index is 0.0494. The van der Waals surface area contributed by atoms with E-state index in [1.807, 2.05) is 43.3 Å². The lowest BCUT2D eigenvalue weighted by Gasteiger charge is -2.11. The molecule has 0 spiro atoms. The Bertz CT molecular complexity index is 1200. The summed E-state index contributed by atoms with van der Waals surface area (Å²) in [6.07, 6.45) is -0.0494. The largest absolute Gasteiger partial charge is 0.493 e. The van der Waals surface area contributed by atoms with Gasteiger partial charge in [0.25, 0.3) is 5.91 Å². The molecule has 0 fully saturated rings. The van der Waals surface area contributed by atoms with Crippen molar-refractivity contribution in [3.05, 3.63) is 53.7 Å². The molecule has 9 heteroatoms. The minimum Gasteiger partial charge on any atom is -0.493 e. The van der Waals surface area contributed by atoms with Gasteiger partial charge in [0.15, 0.2) is 11.5 Å². The molecule has 2 aromatic carbocycles. The van der Waals surface area contributed by atoms with Crippen LogP contribution in [-0.2, 0) is 20.9 Å². The van der Waals surface area contributed by atoms with Gasteiger partial charge in [-0.1, -0.05) is 18.2 Å². The zero-order valence-electron chi connectivity index (χ0n) is 19.0. The van der Waals surface area contributed by atoms with Crippen LogP contribution in [0.5, 0.6) is 11.5 Å². The summed E-state index contributed by atoms with van der Waals surface area (Å²) in [4.78, 5) is 25.5. The van der Waals surface area contributed by atoms with E-state index in [1.165, 1.54) is 0 Å². The Hall–Kier alpha value is -3.85. The van der Waals surface area contributed by atoms with Crippen LogP contribution in [0.2, 0.25) is 0 Å². The maximum Gasteiger partial charge on any atom is 0.251 e. The molecular weight excluding hydrogens is 424 g/mol. The molecule has 0 aliphatic carbocycles. The van der Waals surface area contributed by atoms with Crippen molar-refractivity contribution in [3.63, 3.8) is 0 Å². The minimum atomic E-state index is -0.769. The van der Waals surface area contributed by atoms with Crippen LogP contribution in [-0.4, -0.2) is 42.9 Å². The number of benzene rings is 2. The number of fused-ring (bicyclic) bond motifs is 1. The standard InChI is InChI=1S/C24H26N4O5/c1-14-6-5-7-16(10-14)25-21(29)12-18-24(30)26-23-22(17(13-31-2)27-28(18)23)15-8-9-19(32-3)20(11-15)33-4/h5-11,18H,12-13H2,1-4H3,(H,25,29)(H,26,30). The van der Waals surface area contributed by atoms with E-state index in [4.69, 9.17) is 14.2 Å². The highest BCUT2D eigenvalue weighted by Crippen LogP contribution is 2.41. The smallest absolute Gasteiger partial charge is 0.251 e. The van der Waals surface area contributed by atoms with E-state index in [0.29, 0.717) is 34.3 Å². The molecule has 2 amide bonds. The van der Waals surface area contributed by atoms with E-state index in [9.17, 15) is 9.59 Å². The number of aromatic nitrogens is 2. The summed E-state index contributed by atoms with van der Waals surface area (Å²) in [6.45, 7) is 2.19. The van der Waals surface area contributed by atoms with Gasteiger partial charge in [0.1, 0.15) is 11.9 Å². The Morgan fingerprint density at radius 2 is 1.91 bits per heavy atom. The van der Waals surface area contributed by atoms with E-state index in [-0.39, 0.29) is 24.8 Å². The van der Waals surface area contributed by atoms with Gasteiger partial charge < -0.3 is 24.8 Å². The van der Waals surface area contributed by atoms with Gasteiger partial charge >= 0.3 is 0 Å². The molecule has 33 heavy (non-hydrogen) atoms. The molecule has 2 N–H and O–H groups in total. The van der Waals surface area contributed by atoms with E-state index in [0.717, 1.165) is 11.1 Å². The van der Waals surface area contributed by atoms with Crippen molar-refractivity contribution in [2.45, 2.75) is 26.0 Å². The summed E-state index contributed by atoms with van der Waals surface area (Å²) in [6, 6.07) is 12.2. The fourth-order valence-corrected chi connectivity index (χ4v) is 3.96. The summed E-state index contributed by atoms with van der Waals surface area (Å²) < 4.78 is 17.7. The van der Waals surface area contributed by atoms with Gasteiger partial charge in [-0.3, -0.25) is 9.59 Å². The first-order valence-corrected chi connectivity index (χ1v) is 10.4. The van der Waals surface area contributed by atoms with Gasteiger partial charge in [-0.25, -0.2) is 4.68 Å². The highest BCUT2D eigenvalue weighted by molar-refractivity contribution is 6.04. The number of ether oxygens (including phenoxy) is 3. The van der Waals surface area contributed by atoms with Gasteiger partial charge in [0.05, 0.1) is 38.5 Å². The molecule has 3 aromatic rings. The van der Waals surface area contributed by atoms with Crippen LogP contribution >= 0.6 is 0 Å². The Kier molecular flexibility index (Phi) is 6.32.